The molecule has 3 N–H and O–H groups in total. The maximum atomic E-state index is 12.3. The van der Waals surface area contributed by atoms with E-state index in [0.717, 1.165) is 30.6 Å². The van der Waals surface area contributed by atoms with Gasteiger partial charge in [0.05, 0.1) is 11.3 Å². The number of urea groups is 1. The van der Waals surface area contributed by atoms with Gasteiger partial charge in [-0.2, -0.15) is 0 Å². The molecule has 0 aromatic heterocycles. The van der Waals surface area contributed by atoms with Crippen molar-refractivity contribution in [1.82, 2.24) is 10.2 Å². The molecule has 2 amide bonds. The highest BCUT2D eigenvalue weighted by atomic mass is 16.4. The lowest BCUT2D eigenvalue weighted by Gasteiger charge is -2.22. The van der Waals surface area contributed by atoms with Gasteiger partial charge in [-0.1, -0.05) is 6.07 Å². The Bertz CT molecular complexity index is 549. The van der Waals surface area contributed by atoms with E-state index < -0.39 is 5.97 Å². The number of hydrogen-bond donors (Lipinski definition) is 3. The molecule has 0 saturated carbocycles. The van der Waals surface area contributed by atoms with Gasteiger partial charge >= 0.3 is 12.0 Å². The number of amides is 2. The second-order valence-electron chi connectivity index (χ2n) is 5.33. The SMILES string of the molecule is Cc1cc(C)c(NC(=O)N2CCCNCC2)c(C(=O)O)c1. The summed E-state index contributed by atoms with van der Waals surface area (Å²) in [5, 5.41) is 15.3. The van der Waals surface area contributed by atoms with Crippen LogP contribution in [0.2, 0.25) is 0 Å². The zero-order valence-corrected chi connectivity index (χ0v) is 12.4. The summed E-state index contributed by atoms with van der Waals surface area (Å²) in [5.41, 5.74) is 2.14. The second kappa shape index (κ2) is 6.58. The largest absolute Gasteiger partial charge is 0.478 e. The number of rotatable bonds is 2. The number of benzene rings is 1. The summed E-state index contributed by atoms with van der Waals surface area (Å²) in [4.78, 5) is 25.4. The van der Waals surface area contributed by atoms with Gasteiger partial charge in [-0.15, -0.1) is 0 Å². The third-order valence-corrected chi connectivity index (χ3v) is 3.57. The van der Waals surface area contributed by atoms with E-state index in [2.05, 4.69) is 10.6 Å². The average molecular weight is 291 g/mol. The molecule has 0 spiro atoms. The van der Waals surface area contributed by atoms with Crippen LogP contribution in [0, 0.1) is 13.8 Å². The van der Waals surface area contributed by atoms with Gasteiger partial charge in [-0.3, -0.25) is 0 Å². The highest BCUT2D eigenvalue weighted by molar-refractivity contribution is 6.01. The summed E-state index contributed by atoms with van der Waals surface area (Å²) >= 11 is 0. The lowest BCUT2D eigenvalue weighted by atomic mass is 10.0. The Morgan fingerprint density at radius 2 is 2.00 bits per heavy atom. The van der Waals surface area contributed by atoms with Crippen LogP contribution in [-0.2, 0) is 0 Å². The molecule has 0 aliphatic carbocycles. The number of carbonyl (C=O) groups is 2. The normalized spacial score (nSPS) is 15.4. The van der Waals surface area contributed by atoms with Crippen LogP contribution in [-0.4, -0.2) is 48.2 Å². The van der Waals surface area contributed by atoms with E-state index in [1.165, 1.54) is 0 Å². The average Bonchev–Trinajstić information content (AvgIpc) is 2.70. The molecule has 21 heavy (non-hydrogen) atoms. The second-order valence-corrected chi connectivity index (χ2v) is 5.33. The van der Waals surface area contributed by atoms with E-state index in [1.807, 2.05) is 13.0 Å². The first-order valence-electron chi connectivity index (χ1n) is 7.10. The van der Waals surface area contributed by atoms with Gasteiger partial charge in [-0.25, -0.2) is 9.59 Å². The zero-order chi connectivity index (χ0) is 15.4. The Morgan fingerprint density at radius 1 is 1.24 bits per heavy atom. The molecule has 1 fully saturated rings. The minimum atomic E-state index is -1.03. The smallest absolute Gasteiger partial charge is 0.337 e. The third kappa shape index (κ3) is 3.72. The number of nitrogens with zero attached hydrogens (tertiary/aromatic N) is 1. The molecule has 2 rings (SSSR count). The predicted octanol–water partition coefficient (Wildman–Crippen LogP) is 1.83. The van der Waals surface area contributed by atoms with Crippen molar-refractivity contribution in [2.24, 2.45) is 0 Å². The molecule has 1 aromatic carbocycles. The van der Waals surface area contributed by atoms with Crippen LogP contribution in [0.5, 0.6) is 0 Å². The van der Waals surface area contributed by atoms with Gasteiger partial charge in [0.2, 0.25) is 0 Å². The summed E-state index contributed by atoms with van der Waals surface area (Å²) in [6.45, 7) is 6.59. The van der Waals surface area contributed by atoms with E-state index in [9.17, 15) is 14.7 Å². The fourth-order valence-electron chi connectivity index (χ4n) is 2.54. The number of hydrogen-bond acceptors (Lipinski definition) is 3. The molecule has 6 nitrogen and oxygen atoms in total. The van der Waals surface area contributed by atoms with E-state index >= 15 is 0 Å². The molecule has 1 aliphatic rings. The van der Waals surface area contributed by atoms with Gasteiger partial charge in [0, 0.05) is 19.6 Å². The van der Waals surface area contributed by atoms with Crippen molar-refractivity contribution in [2.75, 3.05) is 31.5 Å². The number of nitrogens with one attached hydrogen (secondary N) is 2. The number of aryl methyl sites for hydroxylation is 2. The predicted molar refractivity (Wildman–Crippen MR) is 81.0 cm³/mol. The van der Waals surface area contributed by atoms with E-state index in [-0.39, 0.29) is 11.6 Å². The van der Waals surface area contributed by atoms with E-state index in [0.29, 0.717) is 18.8 Å². The molecule has 0 unspecified atom stereocenters. The van der Waals surface area contributed by atoms with Crippen LogP contribution >= 0.6 is 0 Å². The lowest BCUT2D eigenvalue weighted by molar-refractivity contribution is 0.0698. The van der Waals surface area contributed by atoms with Crippen LogP contribution in [0.1, 0.15) is 27.9 Å². The minimum absolute atomic E-state index is 0.133. The van der Waals surface area contributed by atoms with Crippen LogP contribution in [0.15, 0.2) is 12.1 Å². The quantitative estimate of drug-likeness (QED) is 0.776. The van der Waals surface area contributed by atoms with Gasteiger partial charge in [0.1, 0.15) is 0 Å². The van der Waals surface area contributed by atoms with E-state index in [1.54, 1.807) is 17.9 Å². The molecular formula is C15H21N3O3. The van der Waals surface area contributed by atoms with Crippen molar-refractivity contribution in [3.05, 3.63) is 28.8 Å². The molecule has 0 radical (unpaired) electrons. The van der Waals surface area contributed by atoms with Crippen molar-refractivity contribution in [3.8, 4) is 0 Å². The number of carboxylic acids is 1. The maximum absolute atomic E-state index is 12.3. The summed E-state index contributed by atoms with van der Waals surface area (Å²) in [6, 6.07) is 3.20. The molecule has 1 heterocycles. The standard InChI is InChI=1S/C15H21N3O3/c1-10-8-11(2)13(12(9-10)14(19)20)17-15(21)18-6-3-4-16-5-7-18/h8-9,16H,3-7H2,1-2H3,(H,17,21)(H,19,20). The summed E-state index contributed by atoms with van der Waals surface area (Å²) < 4.78 is 0. The van der Waals surface area contributed by atoms with Gasteiger partial charge < -0.3 is 20.6 Å². The van der Waals surface area contributed by atoms with Gasteiger partial charge in [-0.05, 0) is 44.0 Å². The van der Waals surface area contributed by atoms with Crippen LogP contribution < -0.4 is 10.6 Å². The van der Waals surface area contributed by atoms with Gasteiger partial charge in [0.25, 0.3) is 0 Å². The molecular weight excluding hydrogens is 270 g/mol. The highest BCUT2D eigenvalue weighted by Crippen LogP contribution is 2.23. The molecule has 1 aliphatic heterocycles. The number of carboxylic acid groups (broad SMARTS) is 1. The highest BCUT2D eigenvalue weighted by Gasteiger charge is 2.20. The van der Waals surface area contributed by atoms with Crippen molar-refractivity contribution >= 4 is 17.7 Å². The Kier molecular flexibility index (Phi) is 4.80. The lowest BCUT2D eigenvalue weighted by Crippen LogP contribution is -2.38. The summed E-state index contributed by atoms with van der Waals surface area (Å²) in [5.74, 6) is -1.03. The van der Waals surface area contributed by atoms with E-state index in [4.69, 9.17) is 0 Å². The zero-order valence-electron chi connectivity index (χ0n) is 12.4. The third-order valence-electron chi connectivity index (χ3n) is 3.57. The number of aromatic carboxylic acids is 1. The number of carbonyl (C=O) groups excluding carboxylic acids is 1. The Labute approximate surface area is 124 Å². The van der Waals surface area contributed by atoms with Crippen LogP contribution in [0.3, 0.4) is 0 Å². The molecule has 1 saturated heterocycles. The monoisotopic (exact) mass is 291 g/mol. The Morgan fingerprint density at radius 3 is 2.71 bits per heavy atom. The Balaban J connectivity index is 2.22. The van der Waals surface area contributed by atoms with Crippen LogP contribution in [0.25, 0.3) is 0 Å². The maximum Gasteiger partial charge on any atom is 0.337 e. The van der Waals surface area contributed by atoms with Crippen molar-refractivity contribution in [1.29, 1.82) is 0 Å². The first kappa shape index (κ1) is 15.3. The molecule has 1 aromatic rings. The Hall–Kier alpha value is -2.08. The minimum Gasteiger partial charge on any atom is -0.478 e. The molecule has 0 bridgehead atoms. The van der Waals surface area contributed by atoms with Crippen LogP contribution in [0.4, 0.5) is 10.5 Å². The molecule has 0 atom stereocenters. The summed E-state index contributed by atoms with van der Waals surface area (Å²) in [7, 11) is 0. The van der Waals surface area contributed by atoms with Crippen molar-refractivity contribution < 1.29 is 14.7 Å². The van der Waals surface area contributed by atoms with Crippen molar-refractivity contribution in [2.45, 2.75) is 20.3 Å². The molecule has 114 valence electrons. The first-order chi connectivity index (χ1) is 9.99. The first-order valence-corrected chi connectivity index (χ1v) is 7.10. The number of anilines is 1. The molecule has 6 heteroatoms. The topological polar surface area (TPSA) is 81.7 Å². The van der Waals surface area contributed by atoms with Gasteiger partial charge in [0.15, 0.2) is 0 Å². The summed E-state index contributed by atoms with van der Waals surface area (Å²) in [6.07, 6.45) is 0.895. The van der Waals surface area contributed by atoms with Crippen molar-refractivity contribution in [3.63, 3.8) is 0 Å². The fraction of sp³-hybridized carbons (Fsp3) is 0.467. The fourth-order valence-corrected chi connectivity index (χ4v) is 2.54.